The minimum absolute atomic E-state index is 0.218. The molecule has 15 heavy (non-hydrogen) atoms. The van der Waals surface area contributed by atoms with E-state index in [0.717, 1.165) is 0 Å². The van der Waals surface area contributed by atoms with E-state index in [-0.39, 0.29) is 16.1 Å². The van der Waals surface area contributed by atoms with Crippen LogP contribution in [0.5, 0.6) is 0 Å². The number of hydrogen-bond acceptors (Lipinski definition) is 2. The molecule has 0 amide bonds. The number of ether oxygens (including phenoxy) is 1. The van der Waals surface area contributed by atoms with Gasteiger partial charge in [0.1, 0.15) is 5.82 Å². The van der Waals surface area contributed by atoms with Gasteiger partial charge in [0.05, 0.1) is 17.3 Å². The fourth-order valence-corrected chi connectivity index (χ4v) is 1.33. The number of rotatable bonds is 4. The Hall–Kier alpha value is -1.16. The van der Waals surface area contributed by atoms with E-state index in [0.29, 0.717) is 12.2 Å². The maximum Gasteiger partial charge on any atom is 0.188 e. The molecule has 0 aliphatic heterocycles. The zero-order valence-corrected chi connectivity index (χ0v) is 9.75. The molecular formula is C11H10BrFO2. The molecule has 0 spiro atoms. The number of carbonyl (C=O) groups is 1. The van der Waals surface area contributed by atoms with E-state index in [4.69, 9.17) is 4.74 Å². The van der Waals surface area contributed by atoms with Gasteiger partial charge in [-0.1, -0.05) is 0 Å². The summed E-state index contributed by atoms with van der Waals surface area (Å²) in [5.74, 6) is -0.607. The summed E-state index contributed by atoms with van der Waals surface area (Å²) in [7, 11) is 0. The van der Waals surface area contributed by atoms with Crippen LogP contribution < -0.4 is 0 Å². The Morgan fingerprint density at radius 1 is 1.60 bits per heavy atom. The Bertz CT molecular complexity index is 388. The molecule has 4 heteroatoms. The van der Waals surface area contributed by atoms with Gasteiger partial charge in [-0.05, 0) is 41.1 Å². The first kappa shape index (κ1) is 11.9. The molecule has 1 aromatic rings. The molecular weight excluding hydrogens is 263 g/mol. The molecule has 0 aliphatic rings. The van der Waals surface area contributed by atoms with Crippen molar-refractivity contribution in [1.82, 2.24) is 0 Å². The molecule has 1 rings (SSSR count). The lowest BCUT2D eigenvalue weighted by molar-refractivity contribution is 0.104. The molecule has 0 unspecified atom stereocenters. The van der Waals surface area contributed by atoms with Crippen LogP contribution in [-0.4, -0.2) is 12.4 Å². The maximum absolute atomic E-state index is 12.9. The third-order valence-electron chi connectivity index (χ3n) is 1.69. The summed E-state index contributed by atoms with van der Waals surface area (Å²) in [6.07, 6.45) is 2.64. The van der Waals surface area contributed by atoms with E-state index in [1.165, 1.54) is 30.5 Å². The van der Waals surface area contributed by atoms with Crippen molar-refractivity contribution in [2.24, 2.45) is 0 Å². The molecule has 2 nitrogen and oxygen atoms in total. The second-order valence-corrected chi connectivity index (χ2v) is 3.61. The van der Waals surface area contributed by atoms with Gasteiger partial charge in [0.15, 0.2) is 5.78 Å². The highest BCUT2D eigenvalue weighted by atomic mass is 79.9. The van der Waals surface area contributed by atoms with Gasteiger partial charge in [0, 0.05) is 11.6 Å². The fraction of sp³-hybridized carbons (Fsp3) is 0.182. The van der Waals surface area contributed by atoms with Crippen molar-refractivity contribution < 1.29 is 13.9 Å². The van der Waals surface area contributed by atoms with Crippen molar-refractivity contribution in [3.8, 4) is 0 Å². The van der Waals surface area contributed by atoms with Crippen LogP contribution in [0.25, 0.3) is 0 Å². The van der Waals surface area contributed by atoms with E-state index in [9.17, 15) is 9.18 Å². The number of carbonyl (C=O) groups excluding carboxylic acids is 1. The maximum atomic E-state index is 12.9. The van der Waals surface area contributed by atoms with Gasteiger partial charge in [-0.15, -0.1) is 0 Å². The Labute approximate surface area is 95.9 Å². The number of benzene rings is 1. The van der Waals surface area contributed by atoms with Crippen LogP contribution >= 0.6 is 15.9 Å². The lowest BCUT2D eigenvalue weighted by Gasteiger charge is -1.98. The van der Waals surface area contributed by atoms with Gasteiger partial charge in [0.2, 0.25) is 0 Å². The van der Waals surface area contributed by atoms with Gasteiger partial charge in [0.25, 0.3) is 0 Å². The molecule has 0 N–H and O–H groups in total. The average molecular weight is 273 g/mol. The van der Waals surface area contributed by atoms with Crippen LogP contribution in [0.1, 0.15) is 17.3 Å². The van der Waals surface area contributed by atoms with Crippen molar-refractivity contribution in [3.05, 3.63) is 46.4 Å². The van der Waals surface area contributed by atoms with E-state index in [1.807, 2.05) is 6.92 Å². The number of hydrogen-bond donors (Lipinski definition) is 0. The zero-order valence-electron chi connectivity index (χ0n) is 8.17. The summed E-state index contributed by atoms with van der Waals surface area (Å²) in [4.78, 5) is 11.5. The summed E-state index contributed by atoms with van der Waals surface area (Å²) < 4.78 is 18.0. The van der Waals surface area contributed by atoms with Crippen LogP contribution in [-0.2, 0) is 4.74 Å². The zero-order chi connectivity index (χ0) is 11.3. The lowest BCUT2D eigenvalue weighted by atomic mass is 10.1. The van der Waals surface area contributed by atoms with Crippen LogP contribution in [0.2, 0.25) is 0 Å². The topological polar surface area (TPSA) is 26.3 Å². The first-order valence-electron chi connectivity index (χ1n) is 4.42. The summed E-state index contributed by atoms with van der Waals surface area (Å²) in [5, 5.41) is 0. The molecule has 1 aromatic carbocycles. The predicted molar refractivity (Wildman–Crippen MR) is 59.2 cm³/mol. The summed E-state index contributed by atoms with van der Waals surface area (Å²) in [6.45, 7) is 2.33. The van der Waals surface area contributed by atoms with Crippen LogP contribution in [0.4, 0.5) is 4.39 Å². The van der Waals surface area contributed by atoms with Gasteiger partial charge in [-0.3, -0.25) is 4.79 Å². The highest BCUT2D eigenvalue weighted by Crippen LogP contribution is 2.17. The molecule has 80 valence electrons. The van der Waals surface area contributed by atoms with E-state index in [2.05, 4.69) is 15.9 Å². The Kier molecular flexibility index (Phi) is 4.49. The first-order valence-corrected chi connectivity index (χ1v) is 5.22. The van der Waals surface area contributed by atoms with E-state index >= 15 is 0 Å². The molecule has 0 radical (unpaired) electrons. The van der Waals surface area contributed by atoms with Gasteiger partial charge < -0.3 is 4.74 Å². The quantitative estimate of drug-likeness (QED) is 0.478. The first-order chi connectivity index (χ1) is 7.15. The highest BCUT2D eigenvalue weighted by molar-refractivity contribution is 9.10. The van der Waals surface area contributed by atoms with Gasteiger partial charge in [-0.2, -0.15) is 0 Å². The highest BCUT2D eigenvalue weighted by Gasteiger charge is 2.05. The Morgan fingerprint density at radius 2 is 2.33 bits per heavy atom. The standard InChI is InChI=1S/C11H10BrFO2/c1-2-15-6-5-11(14)8-3-4-10(13)9(12)7-8/h3-7H,2H2,1H3/b6-5+. The van der Waals surface area contributed by atoms with Crippen LogP contribution in [0.15, 0.2) is 35.0 Å². The molecule has 0 atom stereocenters. The third-order valence-corrected chi connectivity index (χ3v) is 2.29. The molecule has 0 aromatic heterocycles. The van der Waals surface area contributed by atoms with E-state index < -0.39 is 0 Å². The molecule has 0 saturated heterocycles. The number of ketones is 1. The SMILES string of the molecule is CCO/C=C/C(=O)c1ccc(F)c(Br)c1. The van der Waals surface area contributed by atoms with Crippen LogP contribution in [0.3, 0.4) is 0 Å². The number of halogens is 2. The molecule has 0 bridgehead atoms. The summed E-state index contributed by atoms with van der Waals surface area (Å²) >= 11 is 3.01. The summed E-state index contributed by atoms with van der Waals surface area (Å²) in [5.41, 5.74) is 0.416. The smallest absolute Gasteiger partial charge is 0.188 e. The van der Waals surface area contributed by atoms with Crippen LogP contribution in [0, 0.1) is 5.82 Å². The van der Waals surface area contributed by atoms with Crippen molar-refractivity contribution in [3.63, 3.8) is 0 Å². The predicted octanol–water partition coefficient (Wildman–Crippen LogP) is 3.32. The number of allylic oxidation sites excluding steroid dienone is 1. The second kappa shape index (κ2) is 5.66. The van der Waals surface area contributed by atoms with Gasteiger partial charge in [-0.25, -0.2) is 4.39 Å². The third kappa shape index (κ3) is 3.47. The van der Waals surface area contributed by atoms with E-state index in [1.54, 1.807) is 0 Å². The van der Waals surface area contributed by atoms with Gasteiger partial charge >= 0.3 is 0 Å². The lowest BCUT2D eigenvalue weighted by Crippen LogP contribution is -1.95. The Morgan fingerprint density at radius 3 is 2.93 bits per heavy atom. The molecule has 0 aliphatic carbocycles. The van der Waals surface area contributed by atoms with Crippen molar-refractivity contribution in [1.29, 1.82) is 0 Å². The van der Waals surface area contributed by atoms with Crippen molar-refractivity contribution in [2.75, 3.05) is 6.61 Å². The Balaban J connectivity index is 2.78. The fourth-order valence-electron chi connectivity index (χ4n) is 0.952. The average Bonchev–Trinajstić information content (AvgIpc) is 2.22. The monoisotopic (exact) mass is 272 g/mol. The summed E-state index contributed by atoms with van der Waals surface area (Å²) in [6, 6.07) is 4.11. The molecule has 0 fully saturated rings. The minimum atomic E-state index is -0.389. The second-order valence-electron chi connectivity index (χ2n) is 2.75. The largest absolute Gasteiger partial charge is 0.501 e. The molecule has 0 heterocycles. The minimum Gasteiger partial charge on any atom is -0.501 e. The normalized spacial score (nSPS) is 10.6. The van der Waals surface area contributed by atoms with Crippen molar-refractivity contribution in [2.45, 2.75) is 6.92 Å². The molecule has 0 saturated carbocycles. The van der Waals surface area contributed by atoms with Crippen molar-refractivity contribution >= 4 is 21.7 Å².